The molecule has 16 heavy (non-hydrogen) atoms. The van der Waals surface area contributed by atoms with Crippen molar-refractivity contribution in [3.05, 3.63) is 10.6 Å². The monoisotopic (exact) mass is 240 g/mol. The minimum atomic E-state index is -0.468. The van der Waals surface area contributed by atoms with Gasteiger partial charge in [-0.15, -0.1) is 11.3 Å². The highest BCUT2D eigenvalue weighted by molar-refractivity contribution is 7.15. The molecule has 1 aromatic heterocycles. The van der Waals surface area contributed by atoms with Crippen LogP contribution in [0.15, 0.2) is 0 Å². The number of nitrogens with one attached hydrogen (secondary N) is 1. The molecule has 0 saturated heterocycles. The Bertz CT molecular complexity index is 385. The molecule has 0 aliphatic heterocycles. The average Bonchev–Trinajstić information content (AvgIpc) is 2.58. The van der Waals surface area contributed by atoms with E-state index in [0.29, 0.717) is 5.13 Å². The molecule has 0 bridgehead atoms. The Morgan fingerprint density at radius 2 is 2.19 bits per heavy atom. The van der Waals surface area contributed by atoms with Crippen molar-refractivity contribution in [3.63, 3.8) is 0 Å². The summed E-state index contributed by atoms with van der Waals surface area (Å²) in [5.41, 5.74) is 0.667. The maximum Gasteiger partial charge on any atom is 0.413 e. The molecular weight excluding hydrogens is 224 g/mol. The van der Waals surface area contributed by atoms with Crippen LogP contribution >= 0.6 is 11.3 Å². The average molecular weight is 240 g/mol. The number of carbonyl (C=O) groups excluding carboxylic acids is 1. The molecule has 1 aliphatic carbocycles. The van der Waals surface area contributed by atoms with Gasteiger partial charge in [-0.25, -0.2) is 9.78 Å². The van der Waals surface area contributed by atoms with E-state index in [1.54, 1.807) is 11.3 Å². The lowest BCUT2D eigenvalue weighted by Crippen LogP contribution is -2.27. The molecule has 5 heteroatoms. The van der Waals surface area contributed by atoms with Gasteiger partial charge in [-0.2, -0.15) is 0 Å². The topological polar surface area (TPSA) is 51.2 Å². The quantitative estimate of drug-likeness (QED) is 0.821. The summed E-state index contributed by atoms with van der Waals surface area (Å²) in [5, 5.41) is 3.33. The van der Waals surface area contributed by atoms with E-state index < -0.39 is 11.7 Å². The van der Waals surface area contributed by atoms with Crippen LogP contribution in [0, 0.1) is 0 Å². The molecule has 0 aromatic carbocycles. The number of aromatic nitrogens is 1. The summed E-state index contributed by atoms with van der Waals surface area (Å²) in [4.78, 5) is 17.2. The molecule has 0 radical (unpaired) electrons. The molecule has 1 amide bonds. The summed E-state index contributed by atoms with van der Waals surface area (Å²) in [6, 6.07) is 0. The zero-order valence-electron chi connectivity index (χ0n) is 9.79. The number of hydrogen-bond acceptors (Lipinski definition) is 4. The summed E-state index contributed by atoms with van der Waals surface area (Å²) in [6.45, 7) is 5.53. The predicted octanol–water partition coefficient (Wildman–Crippen LogP) is 2.98. The van der Waals surface area contributed by atoms with Crippen LogP contribution in [-0.2, 0) is 17.6 Å². The summed E-state index contributed by atoms with van der Waals surface area (Å²) in [5.74, 6) is 0. The molecule has 88 valence electrons. The number of ether oxygens (including phenoxy) is 1. The maximum absolute atomic E-state index is 11.5. The number of thiazole rings is 1. The van der Waals surface area contributed by atoms with Gasteiger partial charge in [-0.1, -0.05) is 0 Å². The second-order valence-corrected chi connectivity index (χ2v) is 5.95. The summed E-state index contributed by atoms with van der Waals surface area (Å²) in [6.07, 6.45) is 2.87. The highest BCUT2D eigenvalue weighted by Crippen LogP contribution is 2.30. The van der Waals surface area contributed by atoms with E-state index in [2.05, 4.69) is 10.3 Å². The van der Waals surface area contributed by atoms with Crippen molar-refractivity contribution in [3.8, 4) is 0 Å². The molecule has 0 atom stereocenters. The predicted molar refractivity (Wildman–Crippen MR) is 64.0 cm³/mol. The molecule has 1 aliphatic rings. The van der Waals surface area contributed by atoms with Gasteiger partial charge in [0.2, 0.25) is 0 Å². The van der Waals surface area contributed by atoms with Gasteiger partial charge >= 0.3 is 6.09 Å². The second-order valence-electron chi connectivity index (χ2n) is 4.87. The fourth-order valence-corrected chi connectivity index (χ4v) is 2.67. The van der Waals surface area contributed by atoms with E-state index in [1.807, 2.05) is 20.8 Å². The molecule has 0 spiro atoms. The second kappa shape index (κ2) is 4.05. The van der Waals surface area contributed by atoms with Gasteiger partial charge in [0.15, 0.2) is 5.13 Å². The van der Waals surface area contributed by atoms with Gasteiger partial charge in [0.05, 0.1) is 5.69 Å². The van der Waals surface area contributed by atoms with Crippen LogP contribution in [0.2, 0.25) is 0 Å². The minimum absolute atomic E-state index is 0.431. The van der Waals surface area contributed by atoms with E-state index in [1.165, 1.54) is 11.3 Å². The fraction of sp³-hybridized carbons (Fsp3) is 0.636. The maximum atomic E-state index is 11.5. The summed E-state index contributed by atoms with van der Waals surface area (Å²) < 4.78 is 5.16. The lowest BCUT2D eigenvalue weighted by atomic mass is 10.2. The van der Waals surface area contributed by atoms with Crippen LogP contribution in [0.4, 0.5) is 9.93 Å². The van der Waals surface area contributed by atoms with Gasteiger partial charge in [-0.05, 0) is 40.0 Å². The minimum Gasteiger partial charge on any atom is -0.444 e. The van der Waals surface area contributed by atoms with Crippen molar-refractivity contribution in [2.45, 2.75) is 45.6 Å². The van der Waals surface area contributed by atoms with Crippen LogP contribution in [0.5, 0.6) is 0 Å². The van der Waals surface area contributed by atoms with E-state index in [-0.39, 0.29) is 0 Å². The number of fused-ring (bicyclic) bond motifs is 1. The summed E-state index contributed by atoms with van der Waals surface area (Å²) in [7, 11) is 0. The molecule has 4 nitrogen and oxygen atoms in total. The first-order valence-electron chi connectivity index (χ1n) is 5.42. The van der Waals surface area contributed by atoms with Gasteiger partial charge in [-0.3, -0.25) is 5.32 Å². The number of aryl methyl sites for hydroxylation is 2. The fourth-order valence-electron chi connectivity index (χ4n) is 1.63. The van der Waals surface area contributed by atoms with Gasteiger partial charge in [0.1, 0.15) is 5.60 Å². The van der Waals surface area contributed by atoms with Crippen LogP contribution in [0.3, 0.4) is 0 Å². The zero-order chi connectivity index (χ0) is 11.8. The van der Waals surface area contributed by atoms with Crippen molar-refractivity contribution in [1.82, 2.24) is 4.98 Å². The van der Waals surface area contributed by atoms with Crippen molar-refractivity contribution in [2.24, 2.45) is 0 Å². The molecule has 1 heterocycles. The van der Waals surface area contributed by atoms with E-state index in [9.17, 15) is 4.79 Å². The lowest BCUT2D eigenvalue weighted by molar-refractivity contribution is 0.0636. The van der Waals surface area contributed by atoms with E-state index in [4.69, 9.17) is 4.74 Å². The SMILES string of the molecule is CC(C)(C)OC(=O)Nc1nc2c(s1)CCC2. The van der Waals surface area contributed by atoms with Crippen molar-refractivity contribution in [1.29, 1.82) is 0 Å². The Hall–Kier alpha value is -1.10. The third-order valence-corrected chi connectivity index (χ3v) is 3.28. The Kier molecular flexibility index (Phi) is 2.88. The van der Waals surface area contributed by atoms with Crippen LogP contribution < -0.4 is 5.32 Å². The van der Waals surface area contributed by atoms with E-state index >= 15 is 0 Å². The molecule has 1 aromatic rings. The Morgan fingerprint density at radius 3 is 2.81 bits per heavy atom. The first kappa shape index (κ1) is 11.4. The summed E-state index contributed by atoms with van der Waals surface area (Å²) >= 11 is 1.55. The van der Waals surface area contributed by atoms with Crippen LogP contribution in [0.1, 0.15) is 37.8 Å². The molecule has 0 unspecified atom stereocenters. The molecule has 0 fully saturated rings. The first-order chi connectivity index (χ1) is 7.44. The Balaban J connectivity index is 1.96. The molecule has 0 saturated carbocycles. The van der Waals surface area contributed by atoms with Crippen molar-refractivity contribution < 1.29 is 9.53 Å². The number of amides is 1. The van der Waals surface area contributed by atoms with Gasteiger partial charge in [0.25, 0.3) is 0 Å². The molecular formula is C11H16N2O2S. The number of carbonyl (C=O) groups is 1. The molecule has 1 N–H and O–H groups in total. The Labute approximate surface area is 99.0 Å². The zero-order valence-corrected chi connectivity index (χ0v) is 10.6. The lowest BCUT2D eigenvalue weighted by Gasteiger charge is -2.18. The van der Waals surface area contributed by atoms with Gasteiger partial charge in [0, 0.05) is 4.88 Å². The molecule has 2 rings (SSSR count). The smallest absolute Gasteiger partial charge is 0.413 e. The van der Waals surface area contributed by atoms with Gasteiger partial charge < -0.3 is 4.74 Å². The first-order valence-corrected chi connectivity index (χ1v) is 6.24. The van der Waals surface area contributed by atoms with Crippen molar-refractivity contribution >= 4 is 22.6 Å². The number of nitrogens with zero attached hydrogens (tertiary/aromatic N) is 1. The standard InChI is InChI=1S/C11H16N2O2S/c1-11(2,3)15-10(14)13-9-12-7-5-4-6-8(7)16-9/h4-6H2,1-3H3,(H,12,13,14). The number of anilines is 1. The van der Waals surface area contributed by atoms with Crippen LogP contribution in [-0.4, -0.2) is 16.7 Å². The highest BCUT2D eigenvalue weighted by Gasteiger charge is 2.20. The highest BCUT2D eigenvalue weighted by atomic mass is 32.1. The van der Waals surface area contributed by atoms with Crippen molar-refractivity contribution in [2.75, 3.05) is 5.32 Å². The number of hydrogen-bond donors (Lipinski definition) is 1. The largest absolute Gasteiger partial charge is 0.444 e. The normalized spacial score (nSPS) is 14.7. The third kappa shape index (κ3) is 2.72. The van der Waals surface area contributed by atoms with E-state index in [0.717, 1.165) is 18.5 Å². The third-order valence-electron chi connectivity index (χ3n) is 2.20. The van der Waals surface area contributed by atoms with Crippen LogP contribution in [0.25, 0.3) is 0 Å². The Morgan fingerprint density at radius 1 is 1.44 bits per heavy atom. The number of rotatable bonds is 1.